The molecule has 1 aromatic rings. The summed E-state index contributed by atoms with van der Waals surface area (Å²) in [5.41, 5.74) is 2.04. The zero-order chi connectivity index (χ0) is 16.5. The lowest BCUT2D eigenvalue weighted by Crippen LogP contribution is -2.31. The van der Waals surface area contributed by atoms with Crippen molar-refractivity contribution in [3.8, 4) is 6.07 Å². The molecule has 0 aliphatic rings. The van der Waals surface area contributed by atoms with Crippen LogP contribution >= 0.6 is 0 Å². The highest BCUT2D eigenvalue weighted by Gasteiger charge is 2.09. The second-order valence-corrected chi connectivity index (χ2v) is 5.16. The molecule has 5 heteroatoms. The van der Waals surface area contributed by atoms with E-state index in [0.717, 1.165) is 24.5 Å². The van der Waals surface area contributed by atoms with Crippen LogP contribution in [0, 0.1) is 11.3 Å². The lowest BCUT2D eigenvalue weighted by molar-refractivity contribution is -0.117. The summed E-state index contributed by atoms with van der Waals surface area (Å²) in [5, 5.41) is 14.7. The van der Waals surface area contributed by atoms with Crippen LogP contribution in [0.3, 0.4) is 0 Å². The number of benzene rings is 1. The first-order chi connectivity index (χ1) is 10.5. The van der Waals surface area contributed by atoms with Crippen molar-refractivity contribution in [1.82, 2.24) is 5.32 Å². The van der Waals surface area contributed by atoms with Crippen LogP contribution in [0.5, 0.6) is 0 Å². The minimum Gasteiger partial charge on any atom is -0.372 e. The van der Waals surface area contributed by atoms with Gasteiger partial charge < -0.3 is 15.5 Å². The Balaban J connectivity index is 2.76. The smallest absolute Gasteiger partial charge is 0.263 e. The van der Waals surface area contributed by atoms with Gasteiger partial charge in [-0.2, -0.15) is 5.26 Å². The number of hydrogen-bond acceptors (Lipinski definition) is 4. The van der Waals surface area contributed by atoms with Gasteiger partial charge in [0.05, 0.1) is 0 Å². The third kappa shape index (κ3) is 5.13. The van der Waals surface area contributed by atoms with Gasteiger partial charge in [0.15, 0.2) is 0 Å². The second kappa shape index (κ2) is 8.73. The SMILES string of the molecule is CCN(CC)c1ccc(N/C=C(/C#N)C(=O)NC(C)C)cc1. The minimum absolute atomic E-state index is 0.00222. The molecule has 0 spiro atoms. The average Bonchev–Trinajstić information content (AvgIpc) is 2.49. The fourth-order valence-electron chi connectivity index (χ4n) is 2.00. The quantitative estimate of drug-likeness (QED) is 0.600. The maximum atomic E-state index is 11.8. The zero-order valence-corrected chi connectivity index (χ0v) is 13.7. The summed E-state index contributed by atoms with van der Waals surface area (Å²) in [6, 6.07) is 9.80. The standard InChI is InChI=1S/C17H24N4O/c1-5-21(6-2)16-9-7-15(8-10-16)19-12-14(11-18)17(22)20-13(3)4/h7-10,12-13,19H,5-6H2,1-4H3,(H,20,22)/b14-12-. The van der Waals surface area contributed by atoms with Crippen molar-refractivity contribution in [2.75, 3.05) is 23.3 Å². The number of hydrogen-bond donors (Lipinski definition) is 2. The first-order valence-electron chi connectivity index (χ1n) is 7.54. The van der Waals surface area contributed by atoms with E-state index in [4.69, 9.17) is 5.26 Å². The third-order valence-electron chi connectivity index (χ3n) is 3.16. The van der Waals surface area contributed by atoms with Crippen LogP contribution < -0.4 is 15.5 Å². The number of nitrogens with zero attached hydrogens (tertiary/aromatic N) is 2. The van der Waals surface area contributed by atoms with Crippen LogP contribution in [0.15, 0.2) is 36.0 Å². The average molecular weight is 300 g/mol. The monoisotopic (exact) mass is 300 g/mol. The Morgan fingerprint density at radius 1 is 1.27 bits per heavy atom. The van der Waals surface area contributed by atoms with Crippen LogP contribution in [0.2, 0.25) is 0 Å². The van der Waals surface area contributed by atoms with Crippen LogP contribution in [0.1, 0.15) is 27.7 Å². The molecule has 0 aliphatic heterocycles. The van der Waals surface area contributed by atoms with Gasteiger partial charge in [-0.1, -0.05) is 0 Å². The summed E-state index contributed by atoms with van der Waals surface area (Å²) in [5.74, 6) is -0.371. The normalized spacial score (nSPS) is 11.0. The molecule has 0 aliphatic carbocycles. The fraction of sp³-hybridized carbons (Fsp3) is 0.412. The molecule has 0 fully saturated rings. The molecule has 118 valence electrons. The van der Waals surface area contributed by atoms with E-state index in [0.29, 0.717) is 0 Å². The Kier molecular flexibility index (Phi) is 6.97. The molecule has 0 heterocycles. The van der Waals surface area contributed by atoms with Gasteiger partial charge in [0.1, 0.15) is 11.6 Å². The molecule has 22 heavy (non-hydrogen) atoms. The van der Waals surface area contributed by atoms with Crippen LogP contribution in [-0.4, -0.2) is 25.0 Å². The van der Waals surface area contributed by atoms with Gasteiger partial charge in [-0.3, -0.25) is 4.79 Å². The highest BCUT2D eigenvalue weighted by molar-refractivity contribution is 5.97. The number of nitriles is 1. The molecule has 0 aromatic heterocycles. The molecular weight excluding hydrogens is 276 g/mol. The molecule has 0 saturated carbocycles. The summed E-state index contributed by atoms with van der Waals surface area (Å²) in [4.78, 5) is 14.0. The van der Waals surface area contributed by atoms with Crippen molar-refractivity contribution in [1.29, 1.82) is 5.26 Å². The number of anilines is 2. The van der Waals surface area contributed by atoms with Gasteiger partial charge in [0, 0.05) is 36.7 Å². The van der Waals surface area contributed by atoms with Gasteiger partial charge in [0.25, 0.3) is 5.91 Å². The molecule has 0 saturated heterocycles. The maximum absolute atomic E-state index is 11.8. The van der Waals surface area contributed by atoms with E-state index in [1.165, 1.54) is 6.20 Å². The molecular formula is C17H24N4O. The summed E-state index contributed by atoms with van der Waals surface area (Å²) in [6.45, 7) is 9.85. The fourth-order valence-corrected chi connectivity index (χ4v) is 2.00. The molecule has 0 atom stereocenters. The van der Waals surface area contributed by atoms with Gasteiger partial charge in [-0.15, -0.1) is 0 Å². The number of amides is 1. The summed E-state index contributed by atoms with van der Waals surface area (Å²) < 4.78 is 0. The van der Waals surface area contributed by atoms with Crippen molar-refractivity contribution in [2.45, 2.75) is 33.7 Å². The van der Waals surface area contributed by atoms with Gasteiger partial charge >= 0.3 is 0 Å². The van der Waals surface area contributed by atoms with Crippen LogP contribution in [0.4, 0.5) is 11.4 Å². The predicted molar refractivity (Wildman–Crippen MR) is 90.6 cm³/mol. The van der Waals surface area contributed by atoms with Crippen LogP contribution in [-0.2, 0) is 4.79 Å². The highest BCUT2D eigenvalue weighted by atomic mass is 16.1. The van der Waals surface area contributed by atoms with E-state index >= 15 is 0 Å². The first-order valence-corrected chi connectivity index (χ1v) is 7.54. The van der Waals surface area contributed by atoms with Crippen molar-refractivity contribution in [2.24, 2.45) is 0 Å². The van der Waals surface area contributed by atoms with Crippen molar-refractivity contribution >= 4 is 17.3 Å². The summed E-state index contributed by atoms with van der Waals surface area (Å²) in [6.07, 6.45) is 1.43. The van der Waals surface area contributed by atoms with E-state index in [2.05, 4.69) is 29.4 Å². The highest BCUT2D eigenvalue weighted by Crippen LogP contribution is 2.17. The molecule has 1 aromatic carbocycles. The number of rotatable bonds is 7. The Bertz CT molecular complexity index is 551. The molecule has 0 bridgehead atoms. The predicted octanol–water partition coefficient (Wildman–Crippen LogP) is 2.88. The third-order valence-corrected chi connectivity index (χ3v) is 3.16. The van der Waals surface area contributed by atoms with Gasteiger partial charge in [0.2, 0.25) is 0 Å². The number of nitrogens with one attached hydrogen (secondary N) is 2. The first kappa shape index (κ1) is 17.6. The van der Waals surface area contributed by atoms with Crippen LogP contribution in [0.25, 0.3) is 0 Å². The minimum atomic E-state index is -0.371. The zero-order valence-electron chi connectivity index (χ0n) is 13.7. The van der Waals surface area contributed by atoms with E-state index in [-0.39, 0.29) is 17.5 Å². The van der Waals surface area contributed by atoms with E-state index in [9.17, 15) is 4.79 Å². The molecule has 5 nitrogen and oxygen atoms in total. The van der Waals surface area contributed by atoms with Gasteiger partial charge in [-0.05, 0) is 52.0 Å². The van der Waals surface area contributed by atoms with E-state index in [1.807, 2.05) is 44.2 Å². The van der Waals surface area contributed by atoms with E-state index < -0.39 is 0 Å². The Hall–Kier alpha value is -2.48. The number of carbonyl (C=O) groups is 1. The Morgan fingerprint density at radius 2 is 1.86 bits per heavy atom. The Morgan fingerprint density at radius 3 is 2.32 bits per heavy atom. The summed E-state index contributed by atoms with van der Waals surface area (Å²) in [7, 11) is 0. The topological polar surface area (TPSA) is 68.2 Å². The van der Waals surface area contributed by atoms with Crippen molar-refractivity contribution in [3.05, 3.63) is 36.0 Å². The van der Waals surface area contributed by atoms with Gasteiger partial charge in [-0.25, -0.2) is 0 Å². The lowest BCUT2D eigenvalue weighted by atomic mass is 10.2. The lowest BCUT2D eigenvalue weighted by Gasteiger charge is -2.21. The maximum Gasteiger partial charge on any atom is 0.263 e. The second-order valence-electron chi connectivity index (χ2n) is 5.16. The molecule has 0 unspecified atom stereocenters. The largest absolute Gasteiger partial charge is 0.372 e. The van der Waals surface area contributed by atoms with E-state index in [1.54, 1.807) is 0 Å². The molecule has 1 amide bonds. The summed E-state index contributed by atoms with van der Waals surface area (Å²) >= 11 is 0. The number of carbonyl (C=O) groups excluding carboxylic acids is 1. The van der Waals surface area contributed by atoms with Crippen molar-refractivity contribution < 1.29 is 4.79 Å². The molecule has 0 radical (unpaired) electrons. The van der Waals surface area contributed by atoms with Crippen molar-refractivity contribution in [3.63, 3.8) is 0 Å². The molecule has 1 rings (SSSR count). The molecule has 2 N–H and O–H groups in total. The Labute approximate surface area is 132 Å².